The number of oxime groups is 1. The molecule has 14 heavy (non-hydrogen) atoms. The van der Waals surface area contributed by atoms with Crippen LogP contribution in [-0.2, 0) is 0 Å². The van der Waals surface area contributed by atoms with Crippen molar-refractivity contribution in [1.29, 1.82) is 0 Å². The third-order valence-corrected chi connectivity index (χ3v) is 1.58. The molecule has 0 atom stereocenters. The number of amidine groups is 1. The van der Waals surface area contributed by atoms with Crippen molar-refractivity contribution >= 4 is 11.7 Å². The Labute approximate surface area is 81.1 Å². The second kappa shape index (κ2) is 5.03. The van der Waals surface area contributed by atoms with Gasteiger partial charge in [-0.3, -0.25) is 0 Å². The number of nitrogens with one attached hydrogen (secondary N) is 1. The van der Waals surface area contributed by atoms with Crippen LogP contribution in [0.4, 0.5) is 5.82 Å². The normalized spacial score (nSPS) is 11.4. The van der Waals surface area contributed by atoms with Gasteiger partial charge in [-0.1, -0.05) is 5.16 Å². The van der Waals surface area contributed by atoms with Crippen LogP contribution in [0.3, 0.4) is 0 Å². The van der Waals surface area contributed by atoms with Crippen LogP contribution >= 0.6 is 0 Å². The Morgan fingerprint density at radius 2 is 2.36 bits per heavy atom. The van der Waals surface area contributed by atoms with Crippen molar-refractivity contribution in [2.45, 2.75) is 0 Å². The molecule has 0 saturated carbocycles. The summed E-state index contributed by atoms with van der Waals surface area (Å²) in [5.74, 6) is 0.653. The molecule has 1 aromatic rings. The van der Waals surface area contributed by atoms with Crippen LogP contribution in [0.15, 0.2) is 23.5 Å². The molecule has 0 amide bonds. The van der Waals surface area contributed by atoms with Crippen molar-refractivity contribution in [2.24, 2.45) is 10.9 Å². The van der Waals surface area contributed by atoms with Crippen molar-refractivity contribution in [3.63, 3.8) is 0 Å². The van der Waals surface area contributed by atoms with Gasteiger partial charge >= 0.3 is 0 Å². The number of anilines is 1. The summed E-state index contributed by atoms with van der Waals surface area (Å²) in [4.78, 5) is 3.99. The second-order valence-corrected chi connectivity index (χ2v) is 2.57. The van der Waals surface area contributed by atoms with Gasteiger partial charge in [-0.15, -0.1) is 0 Å². The van der Waals surface area contributed by atoms with E-state index in [2.05, 4.69) is 15.5 Å². The number of hydrogen-bond acceptors (Lipinski definition) is 5. The van der Waals surface area contributed by atoms with Gasteiger partial charge in [0.15, 0.2) is 5.84 Å². The maximum absolute atomic E-state index is 8.55. The van der Waals surface area contributed by atoms with Crippen molar-refractivity contribution in [3.8, 4) is 0 Å². The first-order valence-corrected chi connectivity index (χ1v) is 4.06. The molecular formula is C8H12N4O2. The monoisotopic (exact) mass is 196 g/mol. The molecule has 0 spiro atoms. The number of nitrogens with zero attached hydrogens (tertiary/aromatic N) is 2. The Kier molecular flexibility index (Phi) is 3.69. The average molecular weight is 196 g/mol. The van der Waals surface area contributed by atoms with Crippen LogP contribution in [0, 0.1) is 0 Å². The predicted molar refractivity (Wildman–Crippen MR) is 52.3 cm³/mol. The molecular weight excluding hydrogens is 184 g/mol. The van der Waals surface area contributed by atoms with Crippen LogP contribution in [0.1, 0.15) is 5.56 Å². The lowest BCUT2D eigenvalue weighted by Gasteiger charge is -2.03. The molecule has 0 aliphatic heterocycles. The highest BCUT2D eigenvalue weighted by Crippen LogP contribution is 2.03. The number of rotatable bonds is 4. The quantitative estimate of drug-likeness (QED) is 0.226. The van der Waals surface area contributed by atoms with Gasteiger partial charge in [0.1, 0.15) is 5.82 Å². The molecule has 1 heterocycles. The highest BCUT2D eigenvalue weighted by molar-refractivity contribution is 5.96. The molecule has 0 aliphatic rings. The van der Waals surface area contributed by atoms with E-state index in [-0.39, 0.29) is 12.4 Å². The van der Waals surface area contributed by atoms with Gasteiger partial charge < -0.3 is 21.4 Å². The Bertz CT molecular complexity index is 310. The lowest BCUT2D eigenvalue weighted by atomic mass is 10.2. The molecule has 0 aliphatic carbocycles. The molecule has 6 heteroatoms. The van der Waals surface area contributed by atoms with Crippen molar-refractivity contribution in [2.75, 3.05) is 18.5 Å². The minimum absolute atomic E-state index is 0.0196. The first-order chi connectivity index (χ1) is 6.77. The molecule has 1 rings (SSSR count). The van der Waals surface area contributed by atoms with E-state index in [0.717, 1.165) is 0 Å². The maximum atomic E-state index is 8.55. The SMILES string of the molecule is N/C(=N\O)c1ccc(NCCO)nc1. The molecule has 0 saturated heterocycles. The first-order valence-electron chi connectivity index (χ1n) is 4.06. The number of pyridine rings is 1. The summed E-state index contributed by atoms with van der Waals surface area (Å²) in [7, 11) is 0. The fourth-order valence-corrected chi connectivity index (χ4v) is 0.892. The molecule has 0 fully saturated rings. The molecule has 1 aromatic heterocycles. The lowest BCUT2D eigenvalue weighted by molar-refractivity contribution is 0.311. The average Bonchev–Trinajstić information content (AvgIpc) is 2.26. The summed E-state index contributed by atoms with van der Waals surface area (Å²) in [6.45, 7) is 0.486. The minimum Gasteiger partial charge on any atom is -0.409 e. The Hall–Kier alpha value is -1.82. The molecule has 0 aromatic carbocycles. The first kappa shape index (κ1) is 10.3. The van der Waals surface area contributed by atoms with Gasteiger partial charge in [0.25, 0.3) is 0 Å². The van der Waals surface area contributed by atoms with Gasteiger partial charge in [0.05, 0.1) is 6.61 Å². The van der Waals surface area contributed by atoms with E-state index in [9.17, 15) is 0 Å². The van der Waals surface area contributed by atoms with Gasteiger partial charge in [0, 0.05) is 18.3 Å². The van der Waals surface area contributed by atoms with E-state index in [1.54, 1.807) is 12.1 Å². The van der Waals surface area contributed by atoms with Crippen LogP contribution < -0.4 is 11.1 Å². The number of nitrogens with two attached hydrogens (primary N) is 1. The van der Waals surface area contributed by atoms with E-state index in [1.165, 1.54) is 6.20 Å². The van der Waals surface area contributed by atoms with E-state index in [4.69, 9.17) is 16.0 Å². The molecule has 0 bridgehead atoms. The largest absolute Gasteiger partial charge is 0.409 e. The van der Waals surface area contributed by atoms with E-state index >= 15 is 0 Å². The Morgan fingerprint density at radius 1 is 1.57 bits per heavy atom. The highest BCUT2D eigenvalue weighted by atomic mass is 16.4. The van der Waals surface area contributed by atoms with Crippen molar-refractivity contribution in [3.05, 3.63) is 23.9 Å². The summed E-state index contributed by atoms with van der Waals surface area (Å²) < 4.78 is 0. The lowest BCUT2D eigenvalue weighted by Crippen LogP contribution is -2.14. The third-order valence-electron chi connectivity index (χ3n) is 1.58. The van der Waals surface area contributed by atoms with Gasteiger partial charge in [-0.05, 0) is 12.1 Å². The van der Waals surface area contributed by atoms with Crippen LogP contribution in [0.2, 0.25) is 0 Å². The van der Waals surface area contributed by atoms with Gasteiger partial charge in [-0.25, -0.2) is 4.98 Å². The summed E-state index contributed by atoms with van der Waals surface area (Å²) in [6.07, 6.45) is 1.48. The topological polar surface area (TPSA) is 104 Å². The van der Waals surface area contributed by atoms with E-state index < -0.39 is 0 Å². The standard InChI is InChI=1S/C8H12N4O2/c9-8(12-14)6-1-2-7(11-5-6)10-3-4-13/h1-2,5,13-14H,3-4H2,(H2,9,12)(H,10,11). The summed E-state index contributed by atoms with van der Waals surface area (Å²) in [5, 5.41) is 22.7. The van der Waals surface area contributed by atoms with E-state index in [0.29, 0.717) is 17.9 Å². The van der Waals surface area contributed by atoms with Crippen LogP contribution in [-0.4, -0.2) is 34.3 Å². The number of aromatic nitrogens is 1. The number of hydrogen-bond donors (Lipinski definition) is 4. The smallest absolute Gasteiger partial charge is 0.171 e. The third kappa shape index (κ3) is 2.60. The summed E-state index contributed by atoms with van der Waals surface area (Å²) in [5.41, 5.74) is 5.89. The molecule has 76 valence electrons. The fraction of sp³-hybridized carbons (Fsp3) is 0.250. The highest BCUT2D eigenvalue weighted by Gasteiger charge is 1.99. The van der Waals surface area contributed by atoms with Crippen molar-refractivity contribution < 1.29 is 10.3 Å². The van der Waals surface area contributed by atoms with Gasteiger partial charge in [-0.2, -0.15) is 0 Å². The predicted octanol–water partition coefficient (Wildman–Crippen LogP) is -0.420. The van der Waals surface area contributed by atoms with Crippen LogP contribution in [0.5, 0.6) is 0 Å². The molecule has 5 N–H and O–H groups in total. The van der Waals surface area contributed by atoms with Crippen LogP contribution in [0.25, 0.3) is 0 Å². The summed E-state index contributed by atoms with van der Waals surface area (Å²) in [6, 6.07) is 3.35. The molecule has 0 radical (unpaired) electrons. The Morgan fingerprint density at radius 3 is 2.86 bits per heavy atom. The van der Waals surface area contributed by atoms with Crippen molar-refractivity contribution in [1.82, 2.24) is 4.98 Å². The molecule has 6 nitrogen and oxygen atoms in total. The Balaban J connectivity index is 2.68. The second-order valence-electron chi connectivity index (χ2n) is 2.57. The van der Waals surface area contributed by atoms with E-state index in [1.807, 2.05) is 0 Å². The maximum Gasteiger partial charge on any atom is 0.171 e. The summed E-state index contributed by atoms with van der Waals surface area (Å²) >= 11 is 0. The zero-order valence-electron chi connectivity index (χ0n) is 7.51. The zero-order valence-corrected chi connectivity index (χ0v) is 7.51. The zero-order chi connectivity index (χ0) is 10.4. The molecule has 0 unspecified atom stereocenters. The number of aliphatic hydroxyl groups excluding tert-OH is 1. The van der Waals surface area contributed by atoms with Gasteiger partial charge in [0.2, 0.25) is 0 Å². The fourth-order valence-electron chi connectivity index (χ4n) is 0.892. The number of aliphatic hydroxyl groups is 1. The minimum atomic E-state index is 0.0196.